The molecule has 6 heteroatoms. The zero-order chi connectivity index (χ0) is 12.7. The van der Waals surface area contributed by atoms with Crippen molar-refractivity contribution in [3.8, 4) is 0 Å². The number of nitrogens with one attached hydrogen (secondary N) is 1. The summed E-state index contributed by atoms with van der Waals surface area (Å²) in [6.45, 7) is -1.17. The first-order valence-corrected chi connectivity index (χ1v) is 6.13. The number of hydrazine groups is 1. The first kappa shape index (κ1) is 14.7. The van der Waals surface area contributed by atoms with Crippen LogP contribution in [0.2, 0.25) is 0 Å². The van der Waals surface area contributed by atoms with Gasteiger partial charge in [-0.25, -0.2) is 0 Å². The minimum absolute atomic E-state index is 0.0284. The average molecular weight is 254 g/mol. The summed E-state index contributed by atoms with van der Waals surface area (Å²) >= 11 is 0. The van der Waals surface area contributed by atoms with Crippen LogP contribution >= 0.6 is 0 Å². The van der Waals surface area contributed by atoms with E-state index in [1.54, 1.807) is 0 Å². The molecule has 0 saturated heterocycles. The number of hydrogen-bond donors (Lipinski definition) is 2. The lowest BCUT2D eigenvalue weighted by Gasteiger charge is -2.25. The fraction of sp³-hybridized carbons (Fsp3) is 1.00. The predicted molar refractivity (Wildman–Crippen MR) is 59.2 cm³/mol. The van der Waals surface area contributed by atoms with Crippen molar-refractivity contribution in [2.45, 2.75) is 50.7 Å². The smallest absolute Gasteiger partial charge is 0.370 e. The zero-order valence-corrected chi connectivity index (χ0v) is 9.93. The van der Waals surface area contributed by atoms with Gasteiger partial charge in [-0.2, -0.15) is 13.2 Å². The lowest BCUT2D eigenvalue weighted by Crippen LogP contribution is -2.44. The Bertz CT molecular complexity index is 203. The van der Waals surface area contributed by atoms with E-state index in [0.717, 1.165) is 25.7 Å². The number of ether oxygens (including phenoxy) is 1. The van der Waals surface area contributed by atoms with Gasteiger partial charge in [0, 0.05) is 6.04 Å². The highest BCUT2D eigenvalue weighted by Crippen LogP contribution is 2.25. The van der Waals surface area contributed by atoms with Gasteiger partial charge < -0.3 is 4.74 Å². The number of alkyl halides is 3. The number of rotatable bonds is 5. The van der Waals surface area contributed by atoms with Crippen LogP contribution in [0.1, 0.15) is 38.5 Å². The molecule has 0 amide bonds. The van der Waals surface area contributed by atoms with Gasteiger partial charge in [0.05, 0.1) is 6.61 Å². The molecule has 3 N–H and O–H groups in total. The van der Waals surface area contributed by atoms with Crippen molar-refractivity contribution in [1.29, 1.82) is 0 Å². The van der Waals surface area contributed by atoms with Gasteiger partial charge in [-0.3, -0.25) is 11.3 Å². The maximum absolute atomic E-state index is 11.9. The molecule has 1 rings (SSSR count). The van der Waals surface area contributed by atoms with Crippen molar-refractivity contribution in [2.75, 3.05) is 13.2 Å². The molecule has 0 spiro atoms. The van der Waals surface area contributed by atoms with Gasteiger partial charge in [-0.1, -0.05) is 25.7 Å². The van der Waals surface area contributed by atoms with Crippen molar-refractivity contribution < 1.29 is 17.9 Å². The van der Waals surface area contributed by atoms with Crippen LogP contribution in [-0.2, 0) is 4.74 Å². The van der Waals surface area contributed by atoms with Crippen LogP contribution in [0.5, 0.6) is 0 Å². The fourth-order valence-electron chi connectivity index (χ4n) is 2.34. The second kappa shape index (κ2) is 7.18. The average Bonchev–Trinajstić information content (AvgIpc) is 2.51. The predicted octanol–water partition coefficient (Wildman–Crippen LogP) is 2.37. The van der Waals surface area contributed by atoms with Crippen LogP contribution in [0.15, 0.2) is 0 Å². The lowest BCUT2D eigenvalue weighted by atomic mass is 9.93. The molecule has 0 aliphatic heterocycles. The van der Waals surface area contributed by atoms with E-state index in [2.05, 4.69) is 10.2 Å². The Morgan fingerprint density at radius 2 is 1.76 bits per heavy atom. The van der Waals surface area contributed by atoms with Crippen LogP contribution in [-0.4, -0.2) is 25.4 Å². The standard InChI is InChI=1S/C11H21F3N2O/c12-11(13,14)8-17-7-10(16-15)9-5-3-1-2-4-6-9/h9-10,16H,1-8,15H2. The van der Waals surface area contributed by atoms with Gasteiger partial charge in [0.15, 0.2) is 0 Å². The Morgan fingerprint density at radius 3 is 2.24 bits per heavy atom. The summed E-state index contributed by atoms with van der Waals surface area (Å²) in [4.78, 5) is 0. The van der Waals surface area contributed by atoms with Crippen LogP contribution < -0.4 is 11.3 Å². The molecule has 1 saturated carbocycles. The Labute approximate surface area is 99.9 Å². The summed E-state index contributed by atoms with van der Waals surface area (Å²) in [5.74, 6) is 5.72. The summed E-state index contributed by atoms with van der Waals surface area (Å²) in [6.07, 6.45) is 2.44. The summed E-state index contributed by atoms with van der Waals surface area (Å²) in [5, 5.41) is 0. The molecule has 0 heterocycles. The van der Waals surface area contributed by atoms with Gasteiger partial charge in [0.25, 0.3) is 0 Å². The fourth-order valence-corrected chi connectivity index (χ4v) is 2.34. The maximum atomic E-state index is 11.9. The molecule has 1 aliphatic carbocycles. The van der Waals surface area contributed by atoms with Gasteiger partial charge in [-0.15, -0.1) is 0 Å². The highest BCUT2D eigenvalue weighted by Gasteiger charge is 2.29. The molecule has 17 heavy (non-hydrogen) atoms. The molecule has 1 aliphatic rings. The quantitative estimate of drug-likeness (QED) is 0.450. The van der Waals surface area contributed by atoms with E-state index in [9.17, 15) is 13.2 Å². The Balaban J connectivity index is 2.31. The highest BCUT2D eigenvalue weighted by molar-refractivity contribution is 4.76. The molecule has 1 unspecified atom stereocenters. The highest BCUT2D eigenvalue weighted by atomic mass is 19.4. The second-order valence-corrected chi connectivity index (χ2v) is 4.66. The van der Waals surface area contributed by atoms with Gasteiger partial charge in [0.2, 0.25) is 0 Å². The Hall–Kier alpha value is -0.330. The van der Waals surface area contributed by atoms with Crippen LogP contribution in [0.3, 0.4) is 0 Å². The lowest BCUT2D eigenvalue weighted by molar-refractivity contribution is -0.176. The second-order valence-electron chi connectivity index (χ2n) is 4.66. The molecule has 1 fully saturated rings. The first-order chi connectivity index (χ1) is 8.03. The minimum Gasteiger partial charge on any atom is -0.370 e. The molecular formula is C11H21F3N2O. The maximum Gasteiger partial charge on any atom is 0.411 e. The van der Waals surface area contributed by atoms with Crippen LogP contribution in [0, 0.1) is 5.92 Å². The van der Waals surface area contributed by atoms with E-state index in [0.29, 0.717) is 5.92 Å². The molecule has 0 radical (unpaired) electrons. The van der Waals surface area contributed by atoms with E-state index in [-0.39, 0.29) is 12.6 Å². The van der Waals surface area contributed by atoms with Crippen LogP contribution in [0.25, 0.3) is 0 Å². The summed E-state index contributed by atoms with van der Waals surface area (Å²) in [6, 6.07) is -0.171. The molecule has 0 aromatic carbocycles. The Morgan fingerprint density at radius 1 is 1.18 bits per heavy atom. The molecule has 1 atom stereocenters. The third-order valence-electron chi connectivity index (χ3n) is 3.25. The normalized spacial score (nSPS) is 21.2. The zero-order valence-electron chi connectivity index (χ0n) is 9.93. The largest absolute Gasteiger partial charge is 0.411 e. The summed E-state index contributed by atoms with van der Waals surface area (Å²) in [5.41, 5.74) is 2.59. The van der Waals surface area contributed by atoms with E-state index >= 15 is 0 Å². The van der Waals surface area contributed by atoms with Crippen molar-refractivity contribution in [1.82, 2.24) is 5.43 Å². The molecule has 0 aromatic rings. The van der Waals surface area contributed by atoms with Gasteiger partial charge >= 0.3 is 6.18 Å². The van der Waals surface area contributed by atoms with E-state index in [4.69, 9.17) is 5.84 Å². The van der Waals surface area contributed by atoms with E-state index in [1.165, 1.54) is 12.8 Å². The van der Waals surface area contributed by atoms with E-state index < -0.39 is 12.8 Å². The van der Waals surface area contributed by atoms with E-state index in [1.807, 2.05) is 0 Å². The monoisotopic (exact) mass is 254 g/mol. The minimum atomic E-state index is -4.26. The van der Waals surface area contributed by atoms with Crippen molar-refractivity contribution >= 4 is 0 Å². The third kappa shape index (κ3) is 6.24. The van der Waals surface area contributed by atoms with Crippen molar-refractivity contribution in [2.24, 2.45) is 11.8 Å². The van der Waals surface area contributed by atoms with Gasteiger partial charge in [-0.05, 0) is 18.8 Å². The number of halogens is 3. The molecule has 0 bridgehead atoms. The van der Waals surface area contributed by atoms with Crippen molar-refractivity contribution in [3.63, 3.8) is 0 Å². The van der Waals surface area contributed by atoms with Gasteiger partial charge in [0.1, 0.15) is 6.61 Å². The Kier molecular flexibility index (Phi) is 6.22. The topological polar surface area (TPSA) is 47.3 Å². The van der Waals surface area contributed by atoms with Crippen LogP contribution in [0.4, 0.5) is 13.2 Å². The first-order valence-electron chi connectivity index (χ1n) is 6.13. The molecule has 3 nitrogen and oxygen atoms in total. The molecular weight excluding hydrogens is 233 g/mol. The SMILES string of the molecule is NNC(COCC(F)(F)F)C1CCCCCC1. The summed E-state index contributed by atoms with van der Waals surface area (Å²) < 4.78 is 40.5. The summed E-state index contributed by atoms with van der Waals surface area (Å²) in [7, 11) is 0. The van der Waals surface area contributed by atoms with Crippen molar-refractivity contribution in [3.05, 3.63) is 0 Å². The number of nitrogens with two attached hydrogens (primary N) is 1. The third-order valence-corrected chi connectivity index (χ3v) is 3.25. The molecule has 0 aromatic heterocycles. The number of hydrogen-bond acceptors (Lipinski definition) is 3. The molecule has 102 valence electrons.